The first kappa shape index (κ1) is 15.5. The maximum atomic E-state index is 12.9. The van der Waals surface area contributed by atoms with Crippen LogP contribution in [0, 0.1) is 5.82 Å². The molecule has 0 radical (unpaired) electrons. The van der Waals surface area contributed by atoms with Crippen LogP contribution >= 0.6 is 0 Å². The predicted octanol–water partition coefficient (Wildman–Crippen LogP) is 1.36. The Labute approximate surface area is 122 Å². The number of nitrogens with one attached hydrogen (secondary N) is 1. The number of aryl methyl sites for hydroxylation is 1. The molecule has 1 heterocycles. The number of nitrogen functional groups attached to an aromatic ring is 1. The zero-order valence-corrected chi connectivity index (χ0v) is 12.2. The highest BCUT2D eigenvalue weighted by molar-refractivity contribution is 7.89. The third-order valence-corrected chi connectivity index (χ3v) is 4.49. The van der Waals surface area contributed by atoms with Gasteiger partial charge < -0.3 is 10.3 Å². The molecular formula is C13H17FN4O2S. The predicted molar refractivity (Wildman–Crippen MR) is 77.5 cm³/mol. The zero-order chi connectivity index (χ0) is 15.3. The van der Waals surface area contributed by atoms with Gasteiger partial charge in [-0.1, -0.05) is 0 Å². The Balaban J connectivity index is 1.84. The summed E-state index contributed by atoms with van der Waals surface area (Å²) in [5, 5.41) is 0. The highest BCUT2D eigenvalue weighted by Crippen LogP contribution is 2.18. The number of unbranched alkanes of at least 4 members (excludes halogenated alkanes) is 1. The zero-order valence-electron chi connectivity index (χ0n) is 11.4. The highest BCUT2D eigenvalue weighted by Gasteiger charge is 2.16. The molecule has 0 aliphatic carbocycles. The summed E-state index contributed by atoms with van der Waals surface area (Å²) in [6, 6.07) is 3.23. The normalized spacial score (nSPS) is 11.7. The van der Waals surface area contributed by atoms with Crippen molar-refractivity contribution in [2.75, 3.05) is 12.3 Å². The number of rotatable bonds is 7. The molecule has 0 unspecified atom stereocenters. The Morgan fingerprint density at radius 2 is 2.14 bits per heavy atom. The van der Waals surface area contributed by atoms with E-state index in [2.05, 4.69) is 9.71 Å². The molecule has 1 aromatic carbocycles. The van der Waals surface area contributed by atoms with Crippen LogP contribution in [0.15, 0.2) is 41.8 Å². The van der Waals surface area contributed by atoms with Gasteiger partial charge in [-0.15, -0.1) is 0 Å². The second-order valence-corrected chi connectivity index (χ2v) is 6.32. The molecule has 114 valence electrons. The van der Waals surface area contributed by atoms with Crippen LogP contribution in [0.5, 0.6) is 0 Å². The molecule has 6 nitrogen and oxygen atoms in total. The molecule has 0 bridgehead atoms. The summed E-state index contributed by atoms with van der Waals surface area (Å²) in [4.78, 5) is 3.83. The number of nitrogens with two attached hydrogens (primary N) is 1. The van der Waals surface area contributed by atoms with Gasteiger partial charge in [0, 0.05) is 25.5 Å². The van der Waals surface area contributed by atoms with Crippen LogP contribution in [0.4, 0.5) is 10.1 Å². The van der Waals surface area contributed by atoms with Gasteiger partial charge in [0.1, 0.15) is 10.7 Å². The Kier molecular flexibility index (Phi) is 4.92. The fraction of sp³-hybridized carbons (Fsp3) is 0.308. The fourth-order valence-electron chi connectivity index (χ4n) is 1.89. The average Bonchev–Trinajstić information content (AvgIpc) is 2.91. The van der Waals surface area contributed by atoms with E-state index in [0.717, 1.165) is 25.1 Å². The number of halogens is 1. The van der Waals surface area contributed by atoms with Gasteiger partial charge in [0.25, 0.3) is 0 Å². The summed E-state index contributed by atoms with van der Waals surface area (Å²) in [7, 11) is -3.70. The van der Waals surface area contributed by atoms with Crippen LogP contribution < -0.4 is 10.5 Å². The minimum absolute atomic E-state index is 0.0964. The minimum atomic E-state index is -3.70. The molecule has 0 atom stereocenters. The van der Waals surface area contributed by atoms with E-state index in [1.807, 2.05) is 10.8 Å². The van der Waals surface area contributed by atoms with Crippen molar-refractivity contribution in [3.63, 3.8) is 0 Å². The summed E-state index contributed by atoms with van der Waals surface area (Å²) in [5.41, 5.74) is 5.44. The third kappa shape index (κ3) is 4.27. The quantitative estimate of drug-likeness (QED) is 0.597. The number of nitrogens with zero attached hydrogens (tertiary/aromatic N) is 2. The van der Waals surface area contributed by atoms with Gasteiger partial charge in [0.15, 0.2) is 0 Å². The summed E-state index contributed by atoms with van der Waals surface area (Å²) in [6.07, 6.45) is 6.75. The molecule has 0 saturated heterocycles. The van der Waals surface area contributed by atoms with Crippen LogP contribution in [0.25, 0.3) is 0 Å². The Morgan fingerprint density at radius 3 is 2.81 bits per heavy atom. The maximum absolute atomic E-state index is 12.9. The molecule has 2 aromatic rings. The number of aromatic nitrogens is 2. The average molecular weight is 312 g/mol. The van der Waals surface area contributed by atoms with Gasteiger partial charge in [0.2, 0.25) is 10.0 Å². The van der Waals surface area contributed by atoms with Crippen LogP contribution in [0.3, 0.4) is 0 Å². The standard InChI is InChI=1S/C13H17FN4O2S/c14-11-3-4-13(12(15)9-11)21(19,20)17-5-1-2-7-18-8-6-16-10-18/h3-4,6,8-10,17H,1-2,5,7,15H2. The summed E-state index contributed by atoms with van der Waals surface area (Å²) >= 11 is 0. The van der Waals surface area contributed by atoms with Crippen LogP contribution in [-0.2, 0) is 16.6 Å². The van der Waals surface area contributed by atoms with Crippen LogP contribution in [0.2, 0.25) is 0 Å². The number of imidazole rings is 1. The molecular weight excluding hydrogens is 295 g/mol. The number of hydrogen-bond donors (Lipinski definition) is 2. The van der Waals surface area contributed by atoms with Crippen molar-refractivity contribution in [3.8, 4) is 0 Å². The van der Waals surface area contributed by atoms with E-state index >= 15 is 0 Å². The van der Waals surface area contributed by atoms with E-state index in [1.165, 1.54) is 6.07 Å². The van der Waals surface area contributed by atoms with Gasteiger partial charge in [-0.25, -0.2) is 22.5 Å². The molecule has 2 rings (SSSR count). The fourth-order valence-corrected chi connectivity index (χ4v) is 3.07. The van der Waals surface area contributed by atoms with Crippen molar-refractivity contribution in [1.82, 2.24) is 14.3 Å². The SMILES string of the molecule is Nc1cc(F)ccc1S(=O)(=O)NCCCCn1ccnc1. The first-order valence-corrected chi connectivity index (χ1v) is 7.98. The molecule has 1 aromatic heterocycles. The summed E-state index contributed by atoms with van der Waals surface area (Å²) < 4.78 is 41.4. The van der Waals surface area contributed by atoms with Crippen molar-refractivity contribution in [3.05, 3.63) is 42.7 Å². The number of benzene rings is 1. The summed E-state index contributed by atoms with van der Waals surface area (Å²) in [6.45, 7) is 1.08. The molecule has 0 fully saturated rings. The van der Waals surface area contributed by atoms with E-state index in [-0.39, 0.29) is 10.6 Å². The van der Waals surface area contributed by atoms with E-state index in [4.69, 9.17) is 5.73 Å². The van der Waals surface area contributed by atoms with Gasteiger partial charge in [-0.2, -0.15) is 0 Å². The lowest BCUT2D eigenvalue weighted by molar-refractivity contribution is 0.566. The molecule has 0 spiro atoms. The molecule has 0 aliphatic rings. The Hall–Kier alpha value is -1.93. The van der Waals surface area contributed by atoms with Crippen molar-refractivity contribution in [1.29, 1.82) is 0 Å². The van der Waals surface area contributed by atoms with Crippen LogP contribution in [-0.4, -0.2) is 24.5 Å². The lowest BCUT2D eigenvalue weighted by Crippen LogP contribution is -2.25. The number of sulfonamides is 1. The number of hydrogen-bond acceptors (Lipinski definition) is 4. The second kappa shape index (κ2) is 6.68. The largest absolute Gasteiger partial charge is 0.398 e. The first-order chi connectivity index (χ1) is 9.99. The van der Waals surface area contributed by atoms with Crippen molar-refractivity contribution < 1.29 is 12.8 Å². The third-order valence-electron chi connectivity index (χ3n) is 2.96. The van der Waals surface area contributed by atoms with Gasteiger partial charge in [-0.3, -0.25) is 0 Å². The van der Waals surface area contributed by atoms with E-state index in [1.54, 1.807) is 12.5 Å². The maximum Gasteiger partial charge on any atom is 0.242 e. The molecule has 8 heteroatoms. The lowest BCUT2D eigenvalue weighted by Gasteiger charge is -2.09. The topological polar surface area (TPSA) is 90.0 Å². The molecule has 3 N–H and O–H groups in total. The van der Waals surface area contributed by atoms with Crippen LogP contribution in [0.1, 0.15) is 12.8 Å². The van der Waals surface area contributed by atoms with E-state index < -0.39 is 15.8 Å². The van der Waals surface area contributed by atoms with Gasteiger partial charge in [-0.05, 0) is 31.0 Å². The second-order valence-electron chi connectivity index (χ2n) is 4.59. The Bertz CT molecular complexity index is 686. The van der Waals surface area contributed by atoms with Gasteiger partial charge in [0.05, 0.1) is 12.0 Å². The molecule has 0 aliphatic heterocycles. The monoisotopic (exact) mass is 312 g/mol. The summed E-state index contributed by atoms with van der Waals surface area (Å²) in [5.74, 6) is -0.563. The van der Waals surface area contributed by atoms with Crippen molar-refractivity contribution in [2.24, 2.45) is 0 Å². The smallest absolute Gasteiger partial charge is 0.242 e. The molecule has 0 saturated carbocycles. The molecule has 0 amide bonds. The number of anilines is 1. The molecule has 21 heavy (non-hydrogen) atoms. The minimum Gasteiger partial charge on any atom is -0.398 e. The van der Waals surface area contributed by atoms with Crippen molar-refractivity contribution in [2.45, 2.75) is 24.3 Å². The highest BCUT2D eigenvalue weighted by atomic mass is 32.2. The lowest BCUT2D eigenvalue weighted by atomic mass is 10.3. The Morgan fingerprint density at radius 1 is 1.33 bits per heavy atom. The van der Waals surface area contributed by atoms with Crippen molar-refractivity contribution >= 4 is 15.7 Å². The first-order valence-electron chi connectivity index (χ1n) is 6.49. The van der Waals surface area contributed by atoms with Gasteiger partial charge >= 0.3 is 0 Å². The van der Waals surface area contributed by atoms with E-state index in [0.29, 0.717) is 13.0 Å². The van der Waals surface area contributed by atoms with E-state index in [9.17, 15) is 12.8 Å².